The van der Waals surface area contributed by atoms with E-state index < -0.39 is 0 Å². The van der Waals surface area contributed by atoms with Gasteiger partial charge < -0.3 is 14.8 Å². The molecule has 0 bridgehead atoms. The maximum absolute atomic E-state index is 12.2. The minimum absolute atomic E-state index is 0.0876. The molecule has 1 heterocycles. The fourth-order valence-corrected chi connectivity index (χ4v) is 3.58. The normalized spacial score (nSPS) is 19.0. The average Bonchev–Trinajstić information content (AvgIpc) is 2.74. The smallest absolute Gasteiger partial charge is 0.278 e. The molecule has 28 heavy (non-hydrogen) atoms. The molecule has 0 radical (unpaired) electrons. The van der Waals surface area contributed by atoms with Crippen LogP contribution in [0, 0.1) is 0 Å². The van der Waals surface area contributed by atoms with E-state index >= 15 is 0 Å². The van der Waals surface area contributed by atoms with Crippen LogP contribution in [0.3, 0.4) is 0 Å². The second-order valence-corrected chi connectivity index (χ2v) is 7.22. The largest absolute Gasteiger partial charge is 0.477 e. The molecule has 6 nitrogen and oxygen atoms in total. The summed E-state index contributed by atoms with van der Waals surface area (Å²) in [4.78, 5) is 20.5. The number of nitrogens with one attached hydrogen (secondary N) is 1. The van der Waals surface area contributed by atoms with E-state index in [-0.39, 0.29) is 18.1 Å². The first-order chi connectivity index (χ1) is 13.7. The first kappa shape index (κ1) is 20.1. The lowest BCUT2D eigenvalue weighted by Crippen LogP contribution is -2.39. The van der Waals surface area contributed by atoms with Gasteiger partial charge in [-0.3, -0.25) is 4.79 Å². The summed E-state index contributed by atoms with van der Waals surface area (Å²) in [7, 11) is 1.56. The quantitative estimate of drug-likeness (QED) is 0.668. The van der Waals surface area contributed by atoms with Crippen molar-refractivity contribution >= 4 is 5.91 Å². The number of benzene rings is 1. The van der Waals surface area contributed by atoms with Gasteiger partial charge in [-0.1, -0.05) is 30.3 Å². The lowest BCUT2D eigenvalue weighted by atomic mass is 9.93. The van der Waals surface area contributed by atoms with Crippen LogP contribution in [-0.2, 0) is 11.2 Å². The number of aryl methyl sites for hydroxylation is 1. The van der Waals surface area contributed by atoms with E-state index in [1.54, 1.807) is 19.5 Å². The maximum Gasteiger partial charge on any atom is 0.278 e. The fourth-order valence-electron chi connectivity index (χ4n) is 3.58. The number of ether oxygens (including phenoxy) is 2. The van der Waals surface area contributed by atoms with Gasteiger partial charge >= 0.3 is 0 Å². The van der Waals surface area contributed by atoms with Crippen molar-refractivity contribution in [2.75, 3.05) is 7.11 Å². The SMILES string of the molecule is COc1nccnc1OC1CCC(NC(=O)CCCCc2ccccc2)CC1. The van der Waals surface area contributed by atoms with Crippen LogP contribution < -0.4 is 14.8 Å². The highest BCUT2D eigenvalue weighted by atomic mass is 16.5. The van der Waals surface area contributed by atoms with Crippen LogP contribution in [0.2, 0.25) is 0 Å². The molecule has 1 N–H and O–H groups in total. The second kappa shape index (κ2) is 10.6. The summed E-state index contributed by atoms with van der Waals surface area (Å²) in [5.41, 5.74) is 1.33. The summed E-state index contributed by atoms with van der Waals surface area (Å²) in [6.07, 6.45) is 10.5. The molecule has 1 fully saturated rings. The highest BCUT2D eigenvalue weighted by molar-refractivity contribution is 5.76. The van der Waals surface area contributed by atoms with Gasteiger partial charge in [0.15, 0.2) is 0 Å². The van der Waals surface area contributed by atoms with Crippen LogP contribution in [-0.4, -0.2) is 35.1 Å². The molecule has 0 unspecified atom stereocenters. The minimum atomic E-state index is 0.0876. The molecular formula is C22H29N3O3. The monoisotopic (exact) mass is 383 g/mol. The molecule has 0 spiro atoms. The van der Waals surface area contributed by atoms with Gasteiger partial charge in [-0.05, 0) is 50.5 Å². The van der Waals surface area contributed by atoms with Crippen LogP contribution in [0.25, 0.3) is 0 Å². The predicted octanol–water partition coefficient (Wildman–Crippen LogP) is 3.70. The number of methoxy groups -OCH3 is 1. The molecule has 1 aromatic heterocycles. The Kier molecular flexibility index (Phi) is 7.64. The Balaban J connectivity index is 1.32. The zero-order valence-corrected chi connectivity index (χ0v) is 16.5. The van der Waals surface area contributed by atoms with E-state index in [0.29, 0.717) is 18.2 Å². The van der Waals surface area contributed by atoms with Gasteiger partial charge in [0.1, 0.15) is 6.10 Å². The van der Waals surface area contributed by atoms with Crippen molar-refractivity contribution in [3.8, 4) is 11.8 Å². The van der Waals surface area contributed by atoms with Crippen molar-refractivity contribution < 1.29 is 14.3 Å². The molecule has 1 aliphatic rings. The number of carbonyl (C=O) groups excluding carboxylic acids is 1. The standard InChI is InChI=1S/C22H29N3O3/c1-27-21-22(24-16-15-23-21)28-19-13-11-18(12-14-19)25-20(26)10-6-5-9-17-7-3-2-4-8-17/h2-4,7-8,15-16,18-19H,5-6,9-14H2,1H3,(H,25,26). The third-order valence-corrected chi connectivity index (χ3v) is 5.11. The Morgan fingerprint density at radius 1 is 1.04 bits per heavy atom. The molecular weight excluding hydrogens is 354 g/mol. The zero-order valence-electron chi connectivity index (χ0n) is 16.5. The summed E-state index contributed by atoms with van der Waals surface area (Å²) in [6, 6.07) is 10.7. The van der Waals surface area contributed by atoms with Crippen molar-refractivity contribution in [3.05, 3.63) is 48.3 Å². The lowest BCUT2D eigenvalue weighted by molar-refractivity contribution is -0.122. The van der Waals surface area contributed by atoms with E-state index in [0.717, 1.165) is 44.9 Å². The van der Waals surface area contributed by atoms with Gasteiger partial charge in [0.25, 0.3) is 11.8 Å². The van der Waals surface area contributed by atoms with Gasteiger partial charge in [-0.15, -0.1) is 0 Å². The molecule has 1 aliphatic carbocycles. The summed E-state index contributed by atoms with van der Waals surface area (Å²) in [5.74, 6) is 1.01. The Labute approximate surface area is 166 Å². The van der Waals surface area contributed by atoms with Gasteiger partial charge in [0, 0.05) is 24.9 Å². The summed E-state index contributed by atoms with van der Waals surface area (Å²) < 4.78 is 11.1. The molecule has 1 aromatic carbocycles. The van der Waals surface area contributed by atoms with E-state index in [1.807, 2.05) is 6.07 Å². The fraction of sp³-hybridized carbons (Fsp3) is 0.500. The van der Waals surface area contributed by atoms with Crippen molar-refractivity contribution in [1.82, 2.24) is 15.3 Å². The summed E-state index contributed by atoms with van der Waals surface area (Å²) in [5, 5.41) is 3.18. The Morgan fingerprint density at radius 3 is 2.46 bits per heavy atom. The number of hydrogen-bond acceptors (Lipinski definition) is 5. The van der Waals surface area contributed by atoms with Gasteiger partial charge in [-0.2, -0.15) is 0 Å². The van der Waals surface area contributed by atoms with E-state index in [2.05, 4.69) is 39.6 Å². The van der Waals surface area contributed by atoms with Crippen LogP contribution >= 0.6 is 0 Å². The Hall–Kier alpha value is -2.63. The van der Waals surface area contributed by atoms with E-state index in [4.69, 9.17) is 9.47 Å². The van der Waals surface area contributed by atoms with Crippen LogP contribution in [0.5, 0.6) is 11.8 Å². The van der Waals surface area contributed by atoms with Crippen LogP contribution in [0.1, 0.15) is 50.5 Å². The van der Waals surface area contributed by atoms with Gasteiger partial charge in [0.05, 0.1) is 7.11 Å². The number of aromatic nitrogens is 2. The maximum atomic E-state index is 12.2. The number of amides is 1. The van der Waals surface area contributed by atoms with Crippen molar-refractivity contribution in [2.45, 2.75) is 63.5 Å². The number of nitrogens with zero attached hydrogens (tertiary/aromatic N) is 2. The molecule has 6 heteroatoms. The second-order valence-electron chi connectivity index (χ2n) is 7.22. The molecule has 0 atom stereocenters. The molecule has 150 valence electrons. The third-order valence-electron chi connectivity index (χ3n) is 5.11. The molecule has 0 saturated heterocycles. The van der Waals surface area contributed by atoms with Crippen LogP contribution in [0.15, 0.2) is 42.7 Å². The summed E-state index contributed by atoms with van der Waals surface area (Å²) in [6.45, 7) is 0. The number of rotatable bonds is 9. The van der Waals surface area contributed by atoms with Crippen molar-refractivity contribution in [1.29, 1.82) is 0 Å². The first-order valence-corrected chi connectivity index (χ1v) is 10.1. The average molecular weight is 383 g/mol. The molecule has 1 amide bonds. The highest BCUT2D eigenvalue weighted by Gasteiger charge is 2.24. The number of hydrogen-bond donors (Lipinski definition) is 1. The zero-order chi connectivity index (χ0) is 19.6. The van der Waals surface area contributed by atoms with Gasteiger partial charge in [-0.25, -0.2) is 9.97 Å². The Bertz CT molecular complexity index is 731. The first-order valence-electron chi connectivity index (χ1n) is 10.1. The molecule has 1 saturated carbocycles. The number of unbranched alkanes of at least 4 members (excludes halogenated alkanes) is 1. The number of carbonyl (C=O) groups is 1. The van der Waals surface area contributed by atoms with Crippen molar-refractivity contribution in [3.63, 3.8) is 0 Å². The van der Waals surface area contributed by atoms with E-state index in [1.165, 1.54) is 5.56 Å². The molecule has 0 aliphatic heterocycles. The molecule has 3 rings (SSSR count). The highest BCUT2D eigenvalue weighted by Crippen LogP contribution is 2.27. The minimum Gasteiger partial charge on any atom is -0.477 e. The topological polar surface area (TPSA) is 73.3 Å². The Morgan fingerprint density at radius 2 is 1.75 bits per heavy atom. The predicted molar refractivity (Wildman–Crippen MR) is 107 cm³/mol. The van der Waals surface area contributed by atoms with Gasteiger partial charge in [0.2, 0.25) is 5.91 Å². The van der Waals surface area contributed by atoms with Crippen LogP contribution in [0.4, 0.5) is 0 Å². The third kappa shape index (κ3) is 6.22. The van der Waals surface area contributed by atoms with E-state index in [9.17, 15) is 4.79 Å². The summed E-state index contributed by atoms with van der Waals surface area (Å²) >= 11 is 0. The van der Waals surface area contributed by atoms with Crippen molar-refractivity contribution in [2.24, 2.45) is 0 Å². The molecule has 2 aromatic rings. The lowest BCUT2D eigenvalue weighted by Gasteiger charge is -2.29.